The first kappa shape index (κ1) is 12.6. The minimum absolute atomic E-state index is 0.106. The summed E-state index contributed by atoms with van der Waals surface area (Å²) < 4.78 is 0. The second kappa shape index (κ2) is 6.16. The van der Waals surface area contributed by atoms with Gasteiger partial charge < -0.3 is 10.6 Å². The van der Waals surface area contributed by atoms with Crippen molar-refractivity contribution < 1.29 is 4.79 Å². The molecule has 0 heterocycles. The number of nitrogens with one attached hydrogen (secondary N) is 2. The van der Waals surface area contributed by atoms with Crippen molar-refractivity contribution in [2.75, 3.05) is 0 Å². The van der Waals surface area contributed by atoms with E-state index < -0.39 is 0 Å². The van der Waals surface area contributed by atoms with Gasteiger partial charge in [0.25, 0.3) is 0 Å². The van der Waals surface area contributed by atoms with Crippen LogP contribution >= 0.6 is 0 Å². The Kier molecular flexibility index (Phi) is 4.83. The molecule has 0 aliphatic carbocycles. The maximum atomic E-state index is 11.5. The summed E-state index contributed by atoms with van der Waals surface area (Å²) in [5.74, 6) is 0.447. The van der Waals surface area contributed by atoms with Crippen molar-refractivity contribution in [3.05, 3.63) is 35.9 Å². The van der Waals surface area contributed by atoms with E-state index in [1.165, 1.54) is 0 Å². The number of benzene rings is 1. The van der Waals surface area contributed by atoms with Gasteiger partial charge in [0, 0.05) is 12.6 Å². The fraction of sp³-hybridized carbons (Fsp3) is 0.462. The lowest BCUT2D eigenvalue weighted by Crippen LogP contribution is -2.42. The van der Waals surface area contributed by atoms with Gasteiger partial charge in [0.1, 0.15) is 0 Å². The number of carbonyl (C=O) groups is 1. The molecule has 0 aliphatic rings. The van der Waals surface area contributed by atoms with Crippen molar-refractivity contribution in [2.45, 2.75) is 33.4 Å². The smallest absolute Gasteiger partial charge is 0.315 e. The van der Waals surface area contributed by atoms with Crippen molar-refractivity contribution in [1.82, 2.24) is 10.6 Å². The predicted octanol–water partition coefficient (Wildman–Crippen LogP) is 2.53. The summed E-state index contributed by atoms with van der Waals surface area (Å²) in [6.45, 7) is 6.74. The molecule has 0 saturated heterocycles. The van der Waals surface area contributed by atoms with E-state index >= 15 is 0 Å². The van der Waals surface area contributed by atoms with Gasteiger partial charge in [0.05, 0.1) is 0 Å². The third-order valence-corrected chi connectivity index (χ3v) is 2.65. The molecule has 0 saturated carbocycles. The number of hydrogen-bond acceptors (Lipinski definition) is 1. The third-order valence-electron chi connectivity index (χ3n) is 2.65. The van der Waals surface area contributed by atoms with Crippen LogP contribution in [0.3, 0.4) is 0 Å². The number of rotatable bonds is 4. The van der Waals surface area contributed by atoms with Crippen molar-refractivity contribution in [3.63, 3.8) is 0 Å². The van der Waals surface area contributed by atoms with Crippen LogP contribution in [0.5, 0.6) is 0 Å². The van der Waals surface area contributed by atoms with Crippen molar-refractivity contribution in [2.24, 2.45) is 5.92 Å². The topological polar surface area (TPSA) is 41.1 Å². The molecule has 0 aromatic heterocycles. The van der Waals surface area contributed by atoms with E-state index in [0.29, 0.717) is 12.5 Å². The van der Waals surface area contributed by atoms with Gasteiger partial charge in [-0.3, -0.25) is 0 Å². The molecule has 1 rings (SSSR count). The van der Waals surface area contributed by atoms with Crippen molar-refractivity contribution >= 4 is 6.03 Å². The van der Waals surface area contributed by atoms with E-state index in [1.807, 2.05) is 37.3 Å². The summed E-state index contributed by atoms with van der Waals surface area (Å²) in [5, 5.41) is 5.73. The molecule has 1 atom stereocenters. The number of amides is 2. The van der Waals surface area contributed by atoms with Crippen LogP contribution in [-0.4, -0.2) is 12.1 Å². The Hall–Kier alpha value is -1.51. The molecule has 1 aromatic rings. The highest BCUT2D eigenvalue weighted by atomic mass is 16.2. The highest BCUT2D eigenvalue weighted by molar-refractivity contribution is 5.74. The summed E-state index contributed by atoms with van der Waals surface area (Å²) in [5.41, 5.74) is 1.11. The fourth-order valence-electron chi connectivity index (χ4n) is 1.20. The zero-order valence-corrected chi connectivity index (χ0v) is 10.2. The zero-order valence-electron chi connectivity index (χ0n) is 10.2. The van der Waals surface area contributed by atoms with Crippen LogP contribution < -0.4 is 10.6 Å². The second-order valence-electron chi connectivity index (χ2n) is 4.35. The van der Waals surface area contributed by atoms with Gasteiger partial charge in [-0.25, -0.2) is 4.79 Å². The molecule has 0 fully saturated rings. The van der Waals surface area contributed by atoms with Crippen molar-refractivity contribution in [1.29, 1.82) is 0 Å². The lowest BCUT2D eigenvalue weighted by atomic mass is 10.1. The highest BCUT2D eigenvalue weighted by Crippen LogP contribution is 2.00. The molecule has 3 heteroatoms. The first-order chi connectivity index (χ1) is 7.59. The van der Waals surface area contributed by atoms with Crippen LogP contribution in [0.1, 0.15) is 26.3 Å². The summed E-state index contributed by atoms with van der Waals surface area (Å²) in [4.78, 5) is 11.5. The summed E-state index contributed by atoms with van der Waals surface area (Å²) in [7, 11) is 0. The maximum Gasteiger partial charge on any atom is 0.315 e. The maximum absolute atomic E-state index is 11.5. The molecular weight excluding hydrogens is 200 g/mol. The normalized spacial score (nSPS) is 12.2. The quantitative estimate of drug-likeness (QED) is 0.804. The SMILES string of the molecule is CC(C)C(C)NC(=O)NCc1ccccc1. The molecule has 0 radical (unpaired) electrons. The van der Waals surface area contributed by atoms with Gasteiger partial charge in [0.15, 0.2) is 0 Å². The van der Waals surface area contributed by atoms with Crippen LogP contribution in [0, 0.1) is 5.92 Å². The van der Waals surface area contributed by atoms with Crippen molar-refractivity contribution in [3.8, 4) is 0 Å². The summed E-state index contributed by atoms with van der Waals surface area (Å²) in [6.07, 6.45) is 0. The van der Waals surface area contributed by atoms with E-state index in [4.69, 9.17) is 0 Å². The minimum Gasteiger partial charge on any atom is -0.335 e. The van der Waals surface area contributed by atoms with E-state index in [-0.39, 0.29) is 12.1 Å². The molecule has 3 nitrogen and oxygen atoms in total. The third kappa shape index (κ3) is 4.34. The van der Waals surface area contributed by atoms with Gasteiger partial charge in [-0.1, -0.05) is 44.2 Å². The molecule has 0 bridgehead atoms. The molecule has 0 aliphatic heterocycles. The van der Waals surface area contributed by atoms with Gasteiger partial charge >= 0.3 is 6.03 Å². The molecule has 1 aromatic carbocycles. The molecule has 2 N–H and O–H groups in total. The Bertz CT molecular complexity index is 322. The van der Waals surface area contributed by atoms with E-state index in [1.54, 1.807) is 0 Å². The van der Waals surface area contributed by atoms with Gasteiger partial charge in [-0.05, 0) is 18.4 Å². The Morgan fingerprint density at radius 3 is 2.38 bits per heavy atom. The largest absolute Gasteiger partial charge is 0.335 e. The van der Waals surface area contributed by atoms with E-state index in [2.05, 4.69) is 24.5 Å². The Morgan fingerprint density at radius 2 is 1.81 bits per heavy atom. The first-order valence-corrected chi connectivity index (χ1v) is 5.68. The lowest BCUT2D eigenvalue weighted by molar-refractivity contribution is 0.234. The molecular formula is C13H20N2O. The monoisotopic (exact) mass is 220 g/mol. The molecule has 16 heavy (non-hydrogen) atoms. The number of carbonyl (C=O) groups excluding carboxylic acids is 1. The zero-order chi connectivity index (χ0) is 12.0. The molecule has 0 spiro atoms. The fourth-order valence-corrected chi connectivity index (χ4v) is 1.20. The second-order valence-corrected chi connectivity index (χ2v) is 4.35. The van der Waals surface area contributed by atoms with Crippen LogP contribution in [0.4, 0.5) is 4.79 Å². The summed E-state index contributed by atoms with van der Waals surface area (Å²) >= 11 is 0. The Morgan fingerprint density at radius 1 is 1.19 bits per heavy atom. The van der Waals surface area contributed by atoms with Gasteiger partial charge in [-0.15, -0.1) is 0 Å². The average molecular weight is 220 g/mol. The molecule has 88 valence electrons. The molecule has 1 unspecified atom stereocenters. The van der Waals surface area contributed by atoms with Crippen LogP contribution in [0.15, 0.2) is 30.3 Å². The van der Waals surface area contributed by atoms with Crippen LogP contribution in [0.2, 0.25) is 0 Å². The number of hydrogen-bond donors (Lipinski definition) is 2. The predicted molar refractivity (Wildman–Crippen MR) is 66.1 cm³/mol. The minimum atomic E-state index is -0.106. The van der Waals surface area contributed by atoms with E-state index in [9.17, 15) is 4.79 Å². The highest BCUT2D eigenvalue weighted by Gasteiger charge is 2.09. The van der Waals surface area contributed by atoms with Crippen LogP contribution in [-0.2, 0) is 6.54 Å². The first-order valence-electron chi connectivity index (χ1n) is 5.68. The van der Waals surface area contributed by atoms with Gasteiger partial charge in [-0.2, -0.15) is 0 Å². The lowest BCUT2D eigenvalue weighted by Gasteiger charge is -2.17. The molecule has 2 amide bonds. The van der Waals surface area contributed by atoms with Crippen LogP contribution in [0.25, 0.3) is 0 Å². The van der Waals surface area contributed by atoms with Gasteiger partial charge in [0.2, 0.25) is 0 Å². The Balaban J connectivity index is 2.31. The number of urea groups is 1. The van der Waals surface area contributed by atoms with E-state index in [0.717, 1.165) is 5.56 Å². The summed E-state index contributed by atoms with van der Waals surface area (Å²) in [6, 6.07) is 9.96. The Labute approximate surface area is 97.2 Å². The standard InChI is InChI=1S/C13H20N2O/c1-10(2)11(3)15-13(16)14-9-12-7-5-4-6-8-12/h4-8,10-11H,9H2,1-3H3,(H2,14,15,16). The average Bonchev–Trinajstić information content (AvgIpc) is 2.27.